The molecule has 1 amide bonds. The standard InChI is InChI=1S/C17H10ClF3N2OS/c18-13-7-3-10(4-8-13)14-9-25-16(22-14)23-15(24)11-1-5-12(6-2-11)17(19,20)21/h1-9H,(H,22,23,24). The average Bonchev–Trinajstić information content (AvgIpc) is 3.03. The highest BCUT2D eigenvalue weighted by molar-refractivity contribution is 7.14. The number of halogens is 4. The first-order valence-corrected chi connectivity index (χ1v) is 8.29. The Morgan fingerprint density at radius 2 is 1.68 bits per heavy atom. The summed E-state index contributed by atoms with van der Waals surface area (Å²) in [5, 5.41) is 5.31. The van der Waals surface area contributed by atoms with Gasteiger partial charge < -0.3 is 0 Å². The van der Waals surface area contributed by atoms with Crippen molar-refractivity contribution in [2.24, 2.45) is 0 Å². The van der Waals surface area contributed by atoms with Gasteiger partial charge >= 0.3 is 6.18 Å². The van der Waals surface area contributed by atoms with Crippen molar-refractivity contribution in [1.82, 2.24) is 4.98 Å². The molecule has 3 aromatic rings. The van der Waals surface area contributed by atoms with Crippen LogP contribution in [-0.4, -0.2) is 10.9 Å². The van der Waals surface area contributed by atoms with Crippen molar-refractivity contribution in [3.05, 3.63) is 70.1 Å². The number of alkyl halides is 3. The maximum atomic E-state index is 12.5. The number of thiazole rings is 1. The molecule has 0 aliphatic carbocycles. The minimum Gasteiger partial charge on any atom is -0.298 e. The molecule has 25 heavy (non-hydrogen) atoms. The van der Waals surface area contributed by atoms with Gasteiger partial charge in [-0.05, 0) is 36.4 Å². The summed E-state index contributed by atoms with van der Waals surface area (Å²) in [6.07, 6.45) is -4.43. The molecule has 0 spiro atoms. The van der Waals surface area contributed by atoms with Crippen LogP contribution < -0.4 is 5.32 Å². The lowest BCUT2D eigenvalue weighted by Crippen LogP contribution is -2.12. The molecule has 3 rings (SSSR count). The third-order valence-electron chi connectivity index (χ3n) is 3.34. The van der Waals surface area contributed by atoms with Crippen molar-refractivity contribution in [2.75, 3.05) is 5.32 Å². The monoisotopic (exact) mass is 382 g/mol. The number of rotatable bonds is 3. The zero-order valence-electron chi connectivity index (χ0n) is 12.5. The van der Waals surface area contributed by atoms with E-state index >= 15 is 0 Å². The molecule has 0 saturated heterocycles. The second kappa shape index (κ2) is 6.85. The zero-order valence-corrected chi connectivity index (χ0v) is 14.0. The van der Waals surface area contributed by atoms with E-state index in [1.807, 2.05) is 0 Å². The fraction of sp³-hybridized carbons (Fsp3) is 0.0588. The molecule has 1 aromatic heterocycles. The first kappa shape index (κ1) is 17.4. The lowest BCUT2D eigenvalue weighted by atomic mass is 10.1. The van der Waals surface area contributed by atoms with Crippen molar-refractivity contribution >= 4 is 34.0 Å². The summed E-state index contributed by atoms with van der Waals surface area (Å²) in [5.41, 5.74) is 0.833. The molecule has 0 aliphatic heterocycles. The Kier molecular flexibility index (Phi) is 4.78. The van der Waals surface area contributed by atoms with E-state index in [1.165, 1.54) is 11.3 Å². The SMILES string of the molecule is O=C(Nc1nc(-c2ccc(Cl)cc2)cs1)c1ccc(C(F)(F)F)cc1. The van der Waals surface area contributed by atoms with Crippen molar-refractivity contribution < 1.29 is 18.0 Å². The van der Waals surface area contributed by atoms with Crippen LogP contribution in [0, 0.1) is 0 Å². The van der Waals surface area contributed by atoms with Crippen molar-refractivity contribution in [2.45, 2.75) is 6.18 Å². The van der Waals surface area contributed by atoms with Gasteiger partial charge in [-0.1, -0.05) is 23.7 Å². The summed E-state index contributed by atoms with van der Waals surface area (Å²) >= 11 is 7.06. The van der Waals surface area contributed by atoms with E-state index in [9.17, 15) is 18.0 Å². The summed E-state index contributed by atoms with van der Waals surface area (Å²) in [7, 11) is 0. The summed E-state index contributed by atoms with van der Waals surface area (Å²) in [6.45, 7) is 0. The zero-order chi connectivity index (χ0) is 18.0. The molecule has 1 heterocycles. The summed E-state index contributed by atoms with van der Waals surface area (Å²) in [4.78, 5) is 16.4. The van der Waals surface area contributed by atoms with Crippen LogP contribution in [-0.2, 0) is 6.18 Å². The molecule has 1 N–H and O–H groups in total. The van der Waals surface area contributed by atoms with E-state index in [2.05, 4.69) is 10.3 Å². The van der Waals surface area contributed by atoms with Gasteiger partial charge in [-0.3, -0.25) is 10.1 Å². The van der Waals surface area contributed by atoms with Gasteiger partial charge in [-0.15, -0.1) is 11.3 Å². The molecule has 128 valence electrons. The van der Waals surface area contributed by atoms with Gasteiger partial charge in [0.25, 0.3) is 5.91 Å². The molecule has 2 aromatic carbocycles. The van der Waals surface area contributed by atoms with Crippen LogP contribution in [0.3, 0.4) is 0 Å². The summed E-state index contributed by atoms with van der Waals surface area (Å²) in [6, 6.07) is 11.1. The third kappa shape index (κ3) is 4.18. The molecule has 0 fully saturated rings. The molecule has 0 aliphatic rings. The first-order chi connectivity index (χ1) is 11.8. The highest BCUT2D eigenvalue weighted by Crippen LogP contribution is 2.29. The highest BCUT2D eigenvalue weighted by Gasteiger charge is 2.30. The van der Waals surface area contributed by atoms with Crippen LogP contribution in [0.25, 0.3) is 11.3 Å². The second-order valence-corrected chi connectivity index (χ2v) is 6.37. The number of benzene rings is 2. The summed E-state index contributed by atoms with van der Waals surface area (Å²) < 4.78 is 37.6. The maximum Gasteiger partial charge on any atom is 0.416 e. The van der Waals surface area contributed by atoms with Crippen LogP contribution in [0.1, 0.15) is 15.9 Å². The van der Waals surface area contributed by atoms with Crippen molar-refractivity contribution in [1.29, 1.82) is 0 Å². The fourth-order valence-electron chi connectivity index (χ4n) is 2.06. The Balaban J connectivity index is 1.72. The Morgan fingerprint density at radius 3 is 2.28 bits per heavy atom. The molecule has 0 unspecified atom stereocenters. The minimum absolute atomic E-state index is 0.122. The molecule has 3 nitrogen and oxygen atoms in total. The number of carbonyl (C=O) groups excluding carboxylic acids is 1. The molecular weight excluding hydrogens is 373 g/mol. The topological polar surface area (TPSA) is 42.0 Å². The predicted molar refractivity (Wildman–Crippen MR) is 92.0 cm³/mol. The average molecular weight is 383 g/mol. The smallest absolute Gasteiger partial charge is 0.298 e. The Bertz CT molecular complexity index is 890. The van der Waals surface area contributed by atoms with E-state index in [0.717, 1.165) is 29.8 Å². The van der Waals surface area contributed by atoms with Gasteiger partial charge in [0.2, 0.25) is 0 Å². The predicted octanol–water partition coefficient (Wildman–Crippen LogP) is 5.73. The lowest BCUT2D eigenvalue weighted by Gasteiger charge is -2.07. The number of nitrogens with one attached hydrogen (secondary N) is 1. The molecule has 0 atom stereocenters. The molecule has 8 heteroatoms. The van der Waals surface area contributed by atoms with E-state index in [1.54, 1.807) is 29.6 Å². The van der Waals surface area contributed by atoms with Crippen LogP contribution >= 0.6 is 22.9 Å². The number of aromatic nitrogens is 1. The second-order valence-electron chi connectivity index (χ2n) is 5.07. The first-order valence-electron chi connectivity index (χ1n) is 7.03. The normalized spacial score (nSPS) is 11.4. The van der Waals surface area contributed by atoms with E-state index in [0.29, 0.717) is 15.8 Å². The van der Waals surface area contributed by atoms with Crippen LogP contribution in [0.15, 0.2) is 53.9 Å². The summed E-state index contributed by atoms with van der Waals surface area (Å²) in [5.74, 6) is -0.522. The maximum absolute atomic E-state index is 12.5. The van der Waals surface area contributed by atoms with E-state index in [4.69, 9.17) is 11.6 Å². The number of amides is 1. The van der Waals surface area contributed by atoms with Gasteiger partial charge in [0.05, 0.1) is 11.3 Å². The van der Waals surface area contributed by atoms with Gasteiger partial charge in [0.15, 0.2) is 5.13 Å². The fourth-order valence-corrected chi connectivity index (χ4v) is 2.90. The molecule has 0 saturated carbocycles. The highest BCUT2D eigenvalue weighted by atomic mass is 35.5. The van der Waals surface area contributed by atoms with Crippen LogP contribution in [0.4, 0.5) is 18.3 Å². The lowest BCUT2D eigenvalue weighted by molar-refractivity contribution is -0.137. The van der Waals surface area contributed by atoms with Gasteiger partial charge in [0.1, 0.15) is 0 Å². The third-order valence-corrected chi connectivity index (χ3v) is 4.35. The van der Waals surface area contributed by atoms with E-state index < -0.39 is 17.6 Å². The Morgan fingerprint density at radius 1 is 1.04 bits per heavy atom. The molecule has 0 radical (unpaired) electrons. The number of nitrogens with zero attached hydrogens (tertiary/aromatic N) is 1. The number of hydrogen-bond acceptors (Lipinski definition) is 3. The van der Waals surface area contributed by atoms with Crippen LogP contribution in [0.5, 0.6) is 0 Å². The van der Waals surface area contributed by atoms with Gasteiger partial charge in [0, 0.05) is 21.5 Å². The van der Waals surface area contributed by atoms with Gasteiger partial charge in [-0.2, -0.15) is 13.2 Å². The Labute approximate surface area is 150 Å². The molecule has 0 bridgehead atoms. The van der Waals surface area contributed by atoms with Crippen LogP contribution in [0.2, 0.25) is 5.02 Å². The number of anilines is 1. The molecular formula is C17H10ClF3N2OS. The Hall–Kier alpha value is -2.38. The number of carbonyl (C=O) groups is 1. The quantitative estimate of drug-likeness (QED) is 0.628. The van der Waals surface area contributed by atoms with E-state index in [-0.39, 0.29) is 5.56 Å². The minimum atomic E-state index is -4.43. The number of hydrogen-bond donors (Lipinski definition) is 1. The largest absolute Gasteiger partial charge is 0.416 e. The van der Waals surface area contributed by atoms with Crippen molar-refractivity contribution in [3.63, 3.8) is 0 Å². The van der Waals surface area contributed by atoms with Crippen molar-refractivity contribution in [3.8, 4) is 11.3 Å². The van der Waals surface area contributed by atoms with Gasteiger partial charge in [-0.25, -0.2) is 4.98 Å².